The molecule has 0 spiro atoms. The van der Waals surface area contributed by atoms with Crippen LogP contribution in [0.2, 0.25) is 0 Å². The summed E-state index contributed by atoms with van der Waals surface area (Å²) in [4.78, 5) is 10.5. The van der Waals surface area contributed by atoms with Crippen LogP contribution in [0, 0.1) is 0 Å². The Hall–Kier alpha value is -1.35. The maximum absolute atomic E-state index is 10.5. The summed E-state index contributed by atoms with van der Waals surface area (Å²) in [6.07, 6.45) is 1.56. The standard InChI is InChI=1S/C13H18O3/c1-13(2,16)8-7-10-3-5-11(6-4-10)9-12(14)15/h3-6,16H,7-9H2,1-2H3,(H,14,15). The van der Waals surface area contributed by atoms with E-state index in [0.717, 1.165) is 17.5 Å². The molecule has 3 nitrogen and oxygen atoms in total. The van der Waals surface area contributed by atoms with E-state index in [0.29, 0.717) is 6.42 Å². The van der Waals surface area contributed by atoms with Crippen molar-refractivity contribution >= 4 is 5.97 Å². The number of carboxylic acids is 1. The Morgan fingerprint density at radius 3 is 2.12 bits per heavy atom. The van der Waals surface area contributed by atoms with Crippen molar-refractivity contribution in [3.63, 3.8) is 0 Å². The van der Waals surface area contributed by atoms with Crippen LogP contribution >= 0.6 is 0 Å². The molecular formula is C13H18O3. The molecule has 2 N–H and O–H groups in total. The van der Waals surface area contributed by atoms with Gasteiger partial charge in [0.1, 0.15) is 0 Å². The summed E-state index contributed by atoms with van der Waals surface area (Å²) >= 11 is 0. The fraction of sp³-hybridized carbons (Fsp3) is 0.462. The van der Waals surface area contributed by atoms with Gasteiger partial charge in [-0.2, -0.15) is 0 Å². The smallest absolute Gasteiger partial charge is 0.307 e. The molecule has 1 aromatic rings. The van der Waals surface area contributed by atoms with E-state index in [4.69, 9.17) is 5.11 Å². The van der Waals surface area contributed by atoms with E-state index in [1.54, 1.807) is 13.8 Å². The van der Waals surface area contributed by atoms with Gasteiger partial charge >= 0.3 is 5.97 Å². The first-order valence-electron chi connectivity index (χ1n) is 5.39. The lowest BCUT2D eigenvalue weighted by Gasteiger charge is -2.16. The zero-order chi connectivity index (χ0) is 12.2. The molecular weight excluding hydrogens is 204 g/mol. The summed E-state index contributed by atoms with van der Waals surface area (Å²) in [5.41, 5.74) is 1.27. The maximum Gasteiger partial charge on any atom is 0.307 e. The molecule has 88 valence electrons. The van der Waals surface area contributed by atoms with Crippen molar-refractivity contribution in [1.29, 1.82) is 0 Å². The van der Waals surface area contributed by atoms with Gasteiger partial charge in [0.25, 0.3) is 0 Å². The second-order valence-corrected chi connectivity index (χ2v) is 4.70. The first-order valence-corrected chi connectivity index (χ1v) is 5.39. The minimum Gasteiger partial charge on any atom is -0.481 e. The zero-order valence-corrected chi connectivity index (χ0v) is 9.73. The summed E-state index contributed by atoms with van der Waals surface area (Å²) < 4.78 is 0. The number of hydrogen-bond acceptors (Lipinski definition) is 2. The Balaban J connectivity index is 2.55. The number of aryl methyl sites for hydroxylation is 1. The molecule has 0 amide bonds. The molecule has 0 heterocycles. The third-order valence-electron chi connectivity index (χ3n) is 2.40. The van der Waals surface area contributed by atoms with Crippen LogP contribution in [0.3, 0.4) is 0 Å². The van der Waals surface area contributed by atoms with Gasteiger partial charge in [-0.15, -0.1) is 0 Å². The molecule has 0 aliphatic rings. The molecule has 0 saturated carbocycles. The molecule has 0 saturated heterocycles. The average Bonchev–Trinajstić information content (AvgIpc) is 2.14. The number of aliphatic hydroxyl groups is 1. The predicted octanol–water partition coefficient (Wildman–Crippen LogP) is 2.02. The molecule has 0 aliphatic carbocycles. The Morgan fingerprint density at radius 1 is 1.19 bits per heavy atom. The van der Waals surface area contributed by atoms with Crippen LogP contribution in [0.15, 0.2) is 24.3 Å². The minimum absolute atomic E-state index is 0.0613. The molecule has 0 atom stereocenters. The normalized spacial score (nSPS) is 11.4. The number of rotatable bonds is 5. The quantitative estimate of drug-likeness (QED) is 0.801. The van der Waals surface area contributed by atoms with Crippen molar-refractivity contribution in [2.24, 2.45) is 0 Å². The summed E-state index contributed by atoms with van der Waals surface area (Å²) in [5.74, 6) is -0.816. The van der Waals surface area contributed by atoms with Gasteiger partial charge in [-0.05, 0) is 37.8 Å². The zero-order valence-electron chi connectivity index (χ0n) is 9.73. The van der Waals surface area contributed by atoms with Crippen LogP contribution in [0.4, 0.5) is 0 Å². The molecule has 0 unspecified atom stereocenters. The van der Waals surface area contributed by atoms with Crippen molar-refractivity contribution in [2.75, 3.05) is 0 Å². The summed E-state index contributed by atoms with van der Waals surface area (Å²) in [6, 6.07) is 7.50. The Labute approximate surface area is 95.7 Å². The Kier molecular flexibility index (Phi) is 4.07. The van der Waals surface area contributed by atoms with Crippen LogP contribution in [-0.4, -0.2) is 21.8 Å². The number of carboxylic acid groups (broad SMARTS) is 1. The SMILES string of the molecule is CC(C)(O)CCc1ccc(CC(=O)O)cc1. The van der Waals surface area contributed by atoms with Crippen LogP contribution in [0.1, 0.15) is 31.4 Å². The molecule has 0 fully saturated rings. The van der Waals surface area contributed by atoms with Crippen molar-refractivity contribution in [3.8, 4) is 0 Å². The summed E-state index contributed by atoms with van der Waals surface area (Å²) in [6.45, 7) is 3.57. The van der Waals surface area contributed by atoms with E-state index < -0.39 is 11.6 Å². The molecule has 0 radical (unpaired) electrons. The van der Waals surface area contributed by atoms with Crippen LogP contribution in [-0.2, 0) is 17.6 Å². The lowest BCUT2D eigenvalue weighted by molar-refractivity contribution is -0.136. The highest BCUT2D eigenvalue weighted by Gasteiger charge is 2.11. The maximum atomic E-state index is 10.5. The van der Waals surface area contributed by atoms with E-state index in [1.807, 2.05) is 24.3 Å². The van der Waals surface area contributed by atoms with Crippen LogP contribution in [0.5, 0.6) is 0 Å². The van der Waals surface area contributed by atoms with Gasteiger partial charge in [-0.3, -0.25) is 4.79 Å². The highest BCUT2D eigenvalue weighted by atomic mass is 16.4. The molecule has 1 rings (SSSR count). The van der Waals surface area contributed by atoms with Gasteiger partial charge in [0.15, 0.2) is 0 Å². The third-order valence-corrected chi connectivity index (χ3v) is 2.40. The molecule has 16 heavy (non-hydrogen) atoms. The van der Waals surface area contributed by atoms with Gasteiger partial charge in [0.05, 0.1) is 12.0 Å². The lowest BCUT2D eigenvalue weighted by Crippen LogP contribution is -2.19. The van der Waals surface area contributed by atoms with E-state index >= 15 is 0 Å². The van der Waals surface area contributed by atoms with Crippen molar-refractivity contribution in [2.45, 2.75) is 38.7 Å². The highest BCUT2D eigenvalue weighted by molar-refractivity contribution is 5.70. The van der Waals surface area contributed by atoms with Crippen molar-refractivity contribution in [3.05, 3.63) is 35.4 Å². The van der Waals surface area contributed by atoms with Crippen LogP contribution in [0.25, 0.3) is 0 Å². The summed E-state index contributed by atoms with van der Waals surface area (Å²) in [7, 11) is 0. The fourth-order valence-electron chi connectivity index (χ4n) is 1.45. The number of carbonyl (C=O) groups is 1. The number of hydrogen-bond donors (Lipinski definition) is 2. The molecule has 0 aromatic heterocycles. The van der Waals surface area contributed by atoms with E-state index in [2.05, 4.69) is 0 Å². The number of aliphatic carboxylic acids is 1. The molecule has 1 aromatic carbocycles. The largest absolute Gasteiger partial charge is 0.481 e. The van der Waals surface area contributed by atoms with Crippen molar-refractivity contribution in [1.82, 2.24) is 0 Å². The molecule has 3 heteroatoms. The van der Waals surface area contributed by atoms with Crippen LogP contribution < -0.4 is 0 Å². The van der Waals surface area contributed by atoms with Gasteiger partial charge in [0.2, 0.25) is 0 Å². The average molecular weight is 222 g/mol. The fourth-order valence-corrected chi connectivity index (χ4v) is 1.45. The molecule has 0 bridgehead atoms. The second kappa shape index (κ2) is 5.12. The highest BCUT2D eigenvalue weighted by Crippen LogP contribution is 2.13. The van der Waals surface area contributed by atoms with Gasteiger partial charge in [-0.1, -0.05) is 24.3 Å². The first-order chi connectivity index (χ1) is 7.37. The van der Waals surface area contributed by atoms with Crippen molar-refractivity contribution < 1.29 is 15.0 Å². The molecule has 0 aliphatic heterocycles. The monoisotopic (exact) mass is 222 g/mol. The van der Waals surface area contributed by atoms with E-state index in [1.165, 1.54) is 0 Å². The third kappa shape index (κ3) is 4.94. The number of benzene rings is 1. The summed E-state index contributed by atoms with van der Waals surface area (Å²) in [5, 5.41) is 18.2. The topological polar surface area (TPSA) is 57.5 Å². The Bertz CT molecular complexity index is 346. The Morgan fingerprint density at radius 2 is 1.69 bits per heavy atom. The van der Waals surface area contributed by atoms with E-state index in [9.17, 15) is 9.90 Å². The van der Waals surface area contributed by atoms with E-state index in [-0.39, 0.29) is 6.42 Å². The van der Waals surface area contributed by atoms with Gasteiger partial charge in [0, 0.05) is 0 Å². The first kappa shape index (κ1) is 12.7. The second-order valence-electron chi connectivity index (χ2n) is 4.70. The predicted molar refractivity (Wildman–Crippen MR) is 62.4 cm³/mol. The van der Waals surface area contributed by atoms with Gasteiger partial charge in [-0.25, -0.2) is 0 Å². The van der Waals surface area contributed by atoms with Gasteiger partial charge < -0.3 is 10.2 Å². The minimum atomic E-state index is -0.816. The lowest BCUT2D eigenvalue weighted by atomic mass is 9.98.